The number of carbonyl (C=O) groups excluding carboxylic acids is 2. The number of hydrogen-bond acceptors (Lipinski definition) is 5. The van der Waals surface area contributed by atoms with Gasteiger partial charge in [-0.05, 0) is 37.8 Å². The van der Waals surface area contributed by atoms with Gasteiger partial charge in [-0.3, -0.25) is 9.59 Å². The largest absolute Gasteiger partial charge is 0.505 e. The van der Waals surface area contributed by atoms with Crippen LogP contribution >= 0.6 is 0 Å². The quantitative estimate of drug-likeness (QED) is 0.819. The zero-order valence-electron chi connectivity index (χ0n) is 15.6. The molecule has 0 bridgehead atoms. The van der Waals surface area contributed by atoms with E-state index in [4.69, 9.17) is 0 Å². The molecule has 2 fully saturated rings. The molecule has 0 unspecified atom stereocenters. The van der Waals surface area contributed by atoms with Crippen molar-refractivity contribution in [1.82, 2.24) is 24.8 Å². The standard InChI is InChI=1S/C20H23N5O3/c26-15-2-1-8-21-16(15)19(28)24-10-6-20(7-11-24)17-14(22-12-23-17)5-9-25(20)18(27)13-3-4-13/h1-2,8,12-13,26H,3-7,9-11H2,(H,22,23). The predicted octanol–water partition coefficient (Wildman–Crippen LogP) is 1.44. The van der Waals surface area contributed by atoms with E-state index in [-0.39, 0.29) is 29.2 Å². The molecule has 2 aromatic rings. The van der Waals surface area contributed by atoms with Gasteiger partial charge in [-0.25, -0.2) is 9.97 Å². The fraction of sp³-hybridized carbons (Fsp3) is 0.500. The number of nitrogens with zero attached hydrogens (tertiary/aromatic N) is 4. The van der Waals surface area contributed by atoms with Crippen LogP contribution in [0.2, 0.25) is 0 Å². The summed E-state index contributed by atoms with van der Waals surface area (Å²) in [6, 6.07) is 3.07. The summed E-state index contributed by atoms with van der Waals surface area (Å²) in [5.74, 6) is 0.00921. The Balaban J connectivity index is 1.42. The van der Waals surface area contributed by atoms with Crippen molar-refractivity contribution in [2.45, 2.75) is 37.6 Å². The van der Waals surface area contributed by atoms with Crippen molar-refractivity contribution in [3.63, 3.8) is 0 Å². The summed E-state index contributed by atoms with van der Waals surface area (Å²) in [6.07, 6.45) is 7.24. The van der Waals surface area contributed by atoms with Gasteiger partial charge in [-0.1, -0.05) is 0 Å². The molecular formula is C20H23N5O3. The van der Waals surface area contributed by atoms with Gasteiger partial charge in [0.15, 0.2) is 5.69 Å². The zero-order valence-corrected chi connectivity index (χ0v) is 15.6. The van der Waals surface area contributed by atoms with Gasteiger partial charge in [0, 0.05) is 43.9 Å². The first kappa shape index (κ1) is 17.2. The van der Waals surface area contributed by atoms with Crippen molar-refractivity contribution in [2.24, 2.45) is 5.92 Å². The maximum Gasteiger partial charge on any atom is 0.276 e. The third-order valence-electron chi connectivity index (χ3n) is 6.32. The number of hydrogen-bond donors (Lipinski definition) is 2. The average Bonchev–Trinajstić information content (AvgIpc) is 3.45. The minimum atomic E-state index is -0.448. The lowest BCUT2D eigenvalue weighted by atomic mass is 9.78. The Hall–Kier alpha value is -2.90. The normalized spacial score (nSPS) is 20.9. The van der Waals surface area contributed by atoms with Crippen LogP contribution < -0.4 is 0 Å². The highest BCUT2D eigenvalue weighted by atomic mass is 16.3. The van der Waals surface area contributed by atoms with Gasteiger partial charge in [-0.15, -0.1) is 0 Å². The van der Waals surface area contributed by atoms with Gasteiger partial charge in [0.2, 0.25) is 5.91 Å². The summed E-state index contributed by atoms with van der Waals surface area (Å²) in [4.78, 5) is 41.4. The highest BCUT2D eigenvalue weighted by Gasteiger charge is 2.51. The molecule has 2 N–H and O–H groups in total. The van der Waals surface area contributed by atoms with E-state index in [1.165, 1.54) is 12.3 Å². The van der Waals surface area contributed by atoms with Crippen molar-refractivity contribution in [1.29, 1.82) is 0 Å². The number of piperidine rings is 1. The highest BCUT2D eigenvalue weighted by Crippen LogP contribution is 2.45. The monoisotopic (exact) mass is 381 g/mol. The molecule has 3 aliphatic rings. The van der Waals surface area contributed by atoms with Gasteiger partial charge >= 0.3 is 0 Å². The van der Waals surface area contributed by atoms with E-state index < -0.39 is 5.54 Å². The van der Waals surface area contributed by atoms with E-state index in [2.05, 4.69) is 15.0 Å². The fourth-order valence-corrected chi connectivity index (χ4v) is 4.65. The third kappa shape index (κ3) is 2.58. The van der Waals surface area contributed by atoms with Crippen molar-refractivity contribution < 1.29 is 14.7 Å². The first-order valence-electron chi connectivity index (χ1n) is 9.87. The lowest BCUT2D eigenvalue weighted by molar-refractivity contribution is -0.143. The van der Waals surface area contributed by atoms with Crippen LogP contribution in [-0.4, -0.2) is 61.3 Å². The van der Waals surface area contributed by atoms with Crippen LogP contribution in [0, 0.1) is 5.92 Å². The second-order valence-corrected chi connectivity index (χ2v) is 7.94. The summed E-state index contributed by atoms with van der Waals surface area (Å²) in [5, 5.41) is 9.96. The number of aromatic nitrogens is 3. The second-order valence-electron chi connectivity index (χ2n) is 7.94. The number of likely N-dealkylation sites (tertiary alicyclic amines) is 1. The SMILES string of the molecule is O=C(c1ncccc1O)N1CCC2(CC1)c1nc[nH]c1CCN2C(=O)C1CC1. The Kier molecular flexibility index (Phi) is 3.89. The minimum Gasteiger partial charge on any atom is -0.505 e. The van der Waals surface area contributed by atoms with Crippen molar-refractivity contribution >= 4 is 11.8 Å². The Morgan fingerprint density at radius 1 is 1.18 bits per heavy atom. The summed E-state index contributed by atoms with van der Waals surface area (Å²) in [5.41, 5.74) is 1.69. The molecule has 2 aliphatic heterocycles. The number of aromatic amines is 1. The number of pyridine rings is 1. The Bertz CT molecular complexity index is 927. The number of nitrogens with one attached hydrogen (secondary N) is 1. The van der Waals surface area contributed by atoms with Crippen LogP contribution in [0.5, 0.6) is 5.75 Å². The van der Waals surface area contributed by atoms with Gasteiger partial charge < -0.3 is 19.9 Å². The average molecular weight is 381 g/mol. The molecule has 5 rings (SSSR count). The van der Waals surface area contributed by atoms with E-state index in [0.717, 1.165) is 30.7 Å². The molecule has 8 heteroatoms. The van der Waals surface area contributed by atoms with E-state index in [1.807, 2.05) is 4.90 Å². The Morgan fingerprint density at radius 3 is 2.68 bits per heavy atom. The van der Waals surface area contributed by atoms with E-state index >= 15 is 0 Å². The summed E-state index contributed by atoms with van der Waals surface area (Å²) < 4.78 is 0. The van der Waals surface area contributed by atoms with Crippen LogP contribution in [-0.2, 0) is 16.8 Å². The molecular weight excluding hydrogens is 358 g/mol. The lowest BCUT2D eigenvalue weighted by Crippen LogP contribution is -2.59. The lowest BCUT2D eigenvalue weighted by Gasteiger charge is -2.50. The summed E-state index contributed by atoms with van der Waals surface area (Å²) in [6.45, 7) is 1.69. The molecule has 1 saturated carbocycles. The number of aromatic hydroxyl groups is 1. The zero-order chi connectivity index (χ0) is 19.3. The van der Waals surface area contributed by atoms with Gasteiger partial charge in [0.1, 0.15) is 5.75 Å². The summed E-state index contributed by atoms with van der Waals surface area (Å²) >= 11 is 0. The first-order valence-corrected chi connectivity index (χ1v) is 9.87. The number of carbonyl (C=O) groups is 2. The van der Waals surface area contributed by atoms with E-state index in [0.29, 0.717) is 32.5 Å². The third-order valence-corrected chi connectivity index (χ3v) is 6.32. The molecule has 1 aliphatic carbocycles. The first-order chi connectivity index (χ1) is 13.6. The molecule has 0 atom stereocenters. The minimum absolute atomic E-state index is 0.0773. The highest BCUT2D eigenvalue weighted by molar-refractivity contribution is 5.94. The number of rotatable bonds is 2. The molecule has 1 spiro atoms. The molecule has 8 nitrogen and oxygen atoms in total. The van der Waals surface area contributed by atoms with Crippen LogP contribution in [0.25, 0.3) is 0 Å². The molecule has 2 amide bonds. The number of amides is 2. The van der Waals surface area contributed by atoms with Crippen molar-refractivity contribution in [3.8, 4) is 5.75 Å². The molecule has 28 heavy (non-hydrogen) atoms. The second kappa shape index (κ2) is 6.32. The molecule has 4 heterocycles. The smallest absolute Gasteiger partial charge is 0.276 e. The van der Waals surface area contributed by atoms with E-state index in [9.17, 15) is 14.7 Å². The molecule has 2 aromatic heterocycles. The van der Waals surface area contributed by atoms with Crippen molar-refractivity contribution in [3.05, 3.63) is 41.7 Å². The van der Waals surface area contributed by atoms with Crippen molar-refractivity contribution in [2.75, 3.05) is 19.6 Å². The number of fused-ring (bicyclic) bond motifs is 2. The number of H-pyrrole nitrogens is 1. The molecule has 0 aromatic carbocycles. The van der Waals surface area contributed by atoms with Gasteiger partial charge in [0.25, 0.3) is 5.91 Å². The molecule has 0 radical (unpaired) electrons. The maximum absolute atomic E-state index is 13.0. The fourth-order valence-electron chi connectivity index (χ4n) is 4.65. The predicted molar refractivity (Wildman–Crippen MR) is 99.4 cm³/mol. The van der Waals surface area contributed by atoms with Crippen LogP contribution in [0.15, 0.2) is 24.7 Å². The summed E-state index contributed by atoms with van der Waals surface area (Å²) in [7, 11) is 0. The molecule has 146 valence electrons. The van der Waals surface area contributed by atoms with E-state index in [1.54, 1.807) is 17.3 Å². The molecule has 1 saturated heterocycles. The van der Waals surface area contributed by atoms with Crippen LogP contribution in [0.4, 0.5) is 0 Å². The number of imidazole rings is 1. The van der Waals surface area contributed by atoms with Crippen LogP contribution in [0.1, 0.15) is 47.6 Å². The maximum atomic E-state index is 13.0. The van der Waals surface area contributed by atoms with Gasteiger partial charge in [0.05, 0.1) is 17.6 Å². The van der Waals surface area contributed by atoms with Crippen LogP contribution in [0.3, 0.4) is 0 Å². The van der Waals surface area contributed by atoms with Gasteiger partial charge in [-0.2, -0.15) is 0 Å². The Morgan fingerprint density at radius 2 is 1.96 bits per heavy atom. The topological polar surface area (TPSA) is 102 Å². The Labute approximate surface area is 162 Å².